The molecule has 2 N–H and O–H groups in total. The summed E-state index contributed by atoms with van der Waals surface area (Å²) in [6.45, 7) is 0. The second kappa shape index (κ2) is 1.59. The van der Waals surface area contributed by atoms with Crippen LogP contribution in [0.25, 0.3) is 0 Å². The van der Waals surface area contributed by atoms with Crippen LogP contribution in [-0.2, 0) is 4.79 Å². The molecule has 0 fully saturated rings. The monoisotopic (exact) mass is 114 g/mol. The third-order valence-corrected chi connectivity index (χ3v) is 1.03. The summed E-state index contributed by atoms with van der Waals surface area (Å²) >= 11 is 0. The van der Waals surface area contributed by atoms with Gasteiger partial charge in [-0.2, -0.15) is 0 Å². The lowest BCUT2D eigenvalue weighted by Gasteiger charge is -1.87. The molecule has 44 valence electrons. The SMILES string of the molecule is O=C1CC(O)C=C1O. The second-order valence-corrected chi connectivity index (χ2v) is 1.75. The van der Waals surface area contributed by atoms with Crippen molar-refractivity contribution in [3.05, 3.63) is 11.8 Å². The highest BCUT2D eigenvalue weighted by Crippen LogP contribution is 2.10. The minimum absolute atomic E-state index is 0.0336. The maximum Gasteiger partial charge on any atom is 0.199 e. The number of hydrogen-bond donors (Lipinski definition) is 2. The van der Waals surface area contributed by atoms with Gasteiger partial charge in [-0.25, -0.2) is 0 Å². The number of rotatable bonds is 0. The molecule has 1 atom stereocenters. The van der Waals surface area contributed by atoms with Gasteiger partial charge in [0.2, 0.25) is 0 Å². The molecule has 0 aliphatic heterocycles. The Kier molecular flexibility index (Phi) is 1.06. The van der Waals surface area contributed by atoms with E-state index in [2.05, 4.69) is 0 Å². The first-order valence-electron chi connectivity index (χ1n) is 2.32. The lowest BCUT2D eigenvalue weighted by Crippen LogP contribution is -2.00. The van der Waals surface area contributed by atoms with Crippen molar-refractivity contribution in [1.29, 1.82) is 0 Å². The van der Waals surface area contributed by atoms with Gasteiger partial charge in [0.1, 0.15) is 0 Å². The second-order valence-electron chi connectivity index (χ2n) is 1.75. The molecule has 3 nitrogen and oxygen atoms in total. The summed E-state index contributed by atoms with van der Waals surface area (Å²) in [6.07, 6.45) is 0.413. The van der Waals surface area contributed by atoms with Crippen LogP contribution in [0.3, 0.4) is 0 Å². The predicted octanol–water partition coefficient (Wildman–Crippen LogP) is -0.238. The number of aliphatic hydroxyl groups is 2. The minimum atomic E-state index is -0.762. The largest absolute Gasteiger partial charge is 0.505 e. The van der Waals surface area contributed by atoms with Crippen molar-refractivity contribution >= 4 is 5.78 Å². The molecule has 0 radical (unpaired) electrons. The van der Waals surface area contributed by atoms with Gasteiger partial charge in [-0.3, -0.25) is 4.79 Å². The van der Waals surface area contributed by atoms with E-state index in [0.29, 0.717) is 0 Å². The Hall–Kier alpha value is -0.830. The van der Waals surface area contributed by atoms with Crippen LogP contribution in [-0.4, -0.2) is 22.1 Å². The fourth-order valence-electron chi connectivity index (χ4n) is 0.629. The zero-order chi connectivity index (χ0) is 6.15. The molecule has 1 rings (SSSR count). The smallest absolute Gasteiger partial charge is 0.199 e. The highest BCUT2D eigenvalue weighted by atomic mass is 16.3. The fraction of sp³-hybridized carbons (Fsp3) is 0.400. The van der Waals surface area contributed by atoms with Crippen molar-refractivity contribution in [2.24, 2.45) is 0 Å². The lowest BCUT2D eigenvalue weighted by atomic mass is 10.3. The van der Waals surface area contributed by atoms with Gasteiger partial charge in [0, 0.05) is 6.42 Å². The van der Waals surface area contributed by atoms with Gasteiger partial charge in [-0.05, 0) is 6.08 Å². The highest BCUT2D eigenvalue weighted by molar-refractivity contribution is 5.95. The molecular weight excluding hydrogens is 108 g/mol. The van der Waals surface area contributed by atoms with Crippen molar-refractivity contribution in [3.8, 4) is 0 Å². The van der Waals surface area contributed by atoms with Crippen molar-refractivity contribution in [3.63, 3.8) is 0 Å². The summed E-state index contributed by atoms with van der Waals surface area (Å²) in [7, 11) is 0. The molecule has 1 aliphatic carbocycles. The lowest BCUT2D eigenvalue weighted by molar-refractivity contribution is -0.117. The Morgan fingerprint density at radius 1 is 1.75 bits per heavy atom. The van der Waals surface area contributed by atoms with Crippen LogP contribution >= 0.6 is 0 Å². The summed E-state index contributed by atoms with van der Waals surface area (Å²) in [5.41, 5.74) is 0. The summed E-state index contributed by atoms with van der Waals surface area (Å²) in [6, 6.07) is 0. The van der Waals surface area contributed by atoms with Crippen LogP contribution in [0.5, 0.6) is 0 Å². The molecule has 0 saturated heterocycles. The first-order chi connectivity index (χ1) is 3.70. The van der Waals surface area contributed by atoms with E-state index in [0.717, 1.165) is 6.08 Å². The van der Waals surface area contributed by atoms with Crippen LogP contribution in [0, 0.1) is 0 Å². The Balaban J connectivity index is 2.73. The first kappa shape index (κ1) is 5.31. The molecule has 8 heavy (non-hydrogen) atoms. The van der Waals surface area contributed by atoms with E-state index < -0.39 is 6.10 Å². The van der Waals surface area contributed by atoms with E-state index in [4.69, 9.17) is 10.2 Å². The summed E-state index contributed by atoms with van der Waals surface area (Å²) in [5.74, 6) is -0.685. The number of Topliss-reactive ketones (excluding diaryl/α,β-unsaturated/α-hetero) is 1. The number of hydrogen-bond acceptors (Lipinski definition) is 3. The first-order valence-corrected chi connectivity index (χ1v) is 2.32. The van der Waals surface area contributed by atoms with Gasteiger partial charge >= 0.3 is 0 Å². The van der Waals surface area contributed by atoms with Crippen molar-refractivity contribution in [1.82, 2.24) is 0 Å². The fourth-order valence-corrected chi connectivity index (χ4v) is 0.629. The Morgan fingerprint density at radius 2 is 2.38 bits per heavy atom. The van der Waals surface area contributed by atoms with Crippen LogP contribution in [0.15, 0.2) is 11.8 Å². The van der Waals surface area contributed by atoms with Crippen LogP contribution in [0.1, 0.15) is 6.42 Å². The molecular formula is C5H6O3. The van der Waals surface area contributed by atoms with E-state index in [9.17, 15) is 4.79 Å². The Morgan fingerprint density at radius 3 is 2.50 bits per heavy atom. The Bertz CT molecular complexity index is 148. The van der Waals surface area contributed by atoms with Gasteiger partial charge in [-0.1, -0.05) is 0 Å². The molecule has 0 aromatic rings. The third kappa shape index (κ3) is 0.721. The van der Waals surface area contributed by atoms with Gasteiger partial charge in [0.05, 0.1) is 6.10 Å². The molecule has 0 saturated carbocycles. The van der Waals surface area contributed by atoms with Crippen molar-refractivity contribution in [2.45, 2.75) is 12.5 Å². The average molecular weight is 114 g/mol. The minimum Gasteiger partial charge on any atom is -0.505 e. The predicted molar refractivity (Wildman–Crippen MR) is 26.3 cm³/mol. The van der Waals surface area contributed by atoms with E-state index in [1.807, 2.05) is 0 Å². The molecule has 0 aromatic heterocycles. The molecule has 1 aliphatic rings. The maximum absolute atomic E-state index is 10.3. The Labute approximate surface area is 46.3 Å². The number of carbonyl (C=O) groups excluding carboxylic acids is 1. The number of carbonyl (C=O) groups is 1. The zero-order valence-electron chi connectivity index (χ0n) is 4.16. The average Bonchev–Trinajstić information content (AvgIpc) is 1.85. The summed E-state index contributed by atoms with van der Waals surface area (Å²) in [4.78, 5) is 10.3. The number of aliphatic hydroxyl groups excluding tert-OH is 2. The van der Waals surface area contributed by atoms with E-state index in [1.54, 1.807) is 0 Å². The molecule has 0 bridgehead atoms. The van der Waals surface area contributed by atoms with Crippen LogP contribution < -0.4 is 0 Å². The normalized spacial score (nSPS) is 28.4. The molecule has 0 aromatic carbocycles. The molecule has 1 unspecified atom stereocenters. The van der Waals surface area contributed by atoms with Crippen LogP contribution in [0.2, 0.25) is 0 Å². The quantitative estimate of drug-likeness (QED) is 0.457. The molecule has 0 heterocycles. The van der Waals surface area contributed by atoms with Gasteiger partial charge < -0.3 is 10.2 Å². The maximum atomic E-state index is 10.3. The topological polar surface area (TPSA) is 57.5 Å². The van der Waals surface area contributed by atoms with Crippen molar-refractivity contribution in [2.75, 3.05) is 0 Å². The van der Waals surface area contributed by atoms with Gasteiger partial charge in [0.15, 0.2) is 11.5 Å². The van der Waals surface area contributed by atoms with E-state index >= 15 is 0 Å². The van der Waals surface area contributed by atoms with Gasteiger partial charge in [0.25, 0.3) is 0 Å². The summed E-state index contributed by atoms with van der Waals surface area (Å²) < 4.78 is 0. The molecule has 0 spiro atoms. The van der Waals surface area contributed by atoms with Crippen LogP contribution in [0.4, 0.5) is 0 Å². The summed E-state index contributed by atoms with van der Waals surface area (Å²) in [5, 5.41) is 17.1. The third-order valence-electron chi connectivity index (χ3n) is 1.03. The van der Waals surface area contributed by atoms with E-state index in [-0.39, 0.29) is 18.0 Å². The molecule has 0 amide bonds. The van der Waals surface area contributed by atoms with E-state index in [1.165, 1.54) is 0 Å². The number of allylic oxidation sites excluding steroid dienone is 1. The zero-order valence-corrected chi connectivity index (χ0v) is 4.16. The van der Waals surface area contributed by atoms with Crippen molar-refractivity contribution < 1.29 is 15.0 Å². The standard InChI is InChI=1S/C5H6O3/c6-3-1-4(7)5(8)2-3/h1,3,6-7H,2H2. The highest BCUT2D eigenvalue weighted by Gasteiger charge is 2.20. The molecule has 3 heteroatoms. The van der Waals surface area contributed by atoms with Gasteiger partial charge in [-0.15, -0.1) is 0 Å². The number of ketones is 1.